The highest BCUT2D eigenvalue weighted by molar-refractivity contribution is 6.35. The molecule has 1 aliphatic carbocycles. The van der Waals surface area contributed by atoms with Gasteiger partial charge >= 0.3 is 0 Å². The van der Waals surface area contributed by atoms with Crippen LogP contribution in [0, 0.1) is 11.3 Å². The van der Waals surface area contributed by atoms with E-state index in [4.69, 9.17) is 17.0 Å². The van der Waals surface area contributed by atoms with Crippen LogP contribution >= 0.6 is 11.6 Å². The first-order valence-corrected chi connectivity index (χ1v) is 7.78. The molecule has 0 saturated heterocycles. The van der Waals surface area contributed by atoms with Crippen molar-refractivity contribution in [2.45, 2.75) is 33.1 Å². The van der Waals surface area contributed by atoms with E-state index < -0.39 is 0 Å². The molecule has 0 radical (unpaired) electrons. The maximum Gasteiger partial charge on any atom is 0.0707 e. The van der Waals surface area contributed by atoms with Crippen molar-refractivity contribution in [3.63, 3.8) is 0 Å². The van der Waals surface area contributed by atoms with Crippen LogP contribution in [0.4, 0.5) is 0 Å². The molecule has 0 amide bonds. The maximum atomic E-state index is 8.71. The van der Waals surface area contributed by atoms with E-state index in [0.717, 1.165) is 28.7 Å². The molecule has 21 heavy (non-hydrogen) atoms. The molecule has 2 rings (SSSR count). The third-order valence-corrected chi connectivity index (χ3v) is 4.45. The van der Waals surface area contributed by atoms with Crippen LogP contribution in [0.5, 0.6) is 0 Å². The summed E-state index contributed by atoms with van der Waals surface area (Å²) in [6.07, 6.45) is 5.00. The molecule has 1 nitrogen and oxygen atoms in total. The molecular formula is C19H22ClN. The Labute approximate surface area is 132 Å². The van der Waals surface area contributed by atoms with Crippen molar-refractivity contribution < 1.29 is 0 Å². The summed E-state index contributed by atoms with van der Waals surface area (Å²) in [5.41, 5.74) is 5.38. The van der Waals surface area contributed by atoms with E-state index >= 15 is 0 Å². The van der Waals surface area contributed by atoms with Crippen LogP contribution in [0.3, 0.4) is 0 Å². The Bertz CT molecular complexity index is 633. The highest BCUT2D eigenvalue weighted by Crippen LogP contribution is 2.40. The van der Waals surface area contributed by atoms with E-state index in [1.54, 1.807) is 6.08 Å². The van der Waals surface area contributed by atoms with Gasteiger partial charge in [-0.3, -0.25) is 5.41 Å². The Morgan fingerprint density at radius 3 is 2.62 bits per heavy atom. The first-order chi connectivity index (χ1) is 10.0. The van der Waals surface area contributed by atoms with Gasteiger partial charge < -0.3 is 0 Å². The van der Waals surface area contributed by atoms with Crippen LogP contribution in [0.1, 0.15) is 37.8 Å². The largest absolute Gasteiger partial charge is 0.300 e. The number of allylic oxidation sites excluding steroid dienone is 4. The highest BCUT2D eigenvalue weighted by atomic mass is 35.5. The number of hydrogen-bond acceptors (Lipinski definition) is 1. The lowest BCUT2D eigenvalue weighted by molar-refractivity contribution is 0.993. The zero-order valence-electron chi connectivity index (χ0n) is 12.8. The van der Waals surface area contributed by atoms with Crippen molar-refractivity contribution in [3.05, 3.63) is 70.3 Å². The second kappa shape index (κ2) is 6.44. The predicted molar refractivity (Wildman–Crippen MR) is 92.4 cm³/mol. The minimum absolute atomic E-state index is 0.478. The molecule has 1 aliphatic rings. The molecule has 0 bridgehead atoms. The Hall–Kier alpha value is -1.60. The van der Waals surface area contributed by atoms with Crippen molar-refractivity contribution in [1.82, 2.24) is 0 Å². The number of nitrogens with one attached hydrogen (secondary N) is 1. The Morgan fingerprint density at radius 1 is 1.43 bits per heavy atom. The van der Waals surface area contributed by atoms with Gasteiger partial charge in [-0.25, -0.2) is 0 Å². The summed E-state index contributed by atoms with van der Waals surface area (Å²) in [6.45, 7) is 12.1. The Kier molecular flexibility index (Phi) is 4.84. The van der Waals surface area contributed by atoms with E-state index in [-0.39, 0.29) is 0 Å². The highest BCUT2D eigenvalue weighted by Gasteiger charge is 2.28. The fourth-order valence-electron chi connectivity index (χ4n) is 2.70. The van der Waals surface area contributed by atoms with Crippen molar-refractivity contribution >= 4 is 17.3 Å². The first-order valence-electron chi connectivity index (χ1n) is 7.40. The summed E-state index contributed by atoms with van der Waals surface area (Å²) in [5.74, 6) is 0.588. The zero-order valence-corrected chi connectivity index (χ0v) is 13.6. The minimum Gasteiger partial charge on any atom is -0.300 e. The van der Waals surface area contributed by atoms with Crippen LogP contribution < -0.4 is 0 Å². The molecule has 0 spiro atoms. The van der Waals surface area contributed by atoms with Gasteiger partial charge in [0.15, 0.2) is 0 Å². The molecular weight excluding hydrogens is 278 g/mol. The Morgan fingerprint density at radius 2 is 2.10 bits per heavy atom. The Balaban J connectivity index is 2.57. The number of hydrogen-bond donors (Lipinski definition) is 1. The van der Waals surface area contributed by atoms with E-state index in [9.17, 15) is 0 Å². The molecule has 2 heteroatoms. The minimum atomic E-state index is 0.478. The number of rotatable bonds is 6. The lowest BCUT2D eigenvalue weighted by Gasteiger charge is -2.17. The van der Waals surface area contributed by atoms with Gasteiger partial charge in [0.2, 0.25) is 0 Å². The van der Waals surface area contributed by atoms with Crippen LogP contribution in [0.2, 0.25) is 5.02 Å². The van der Waals surface area contributed by atoms with Gasteiger partial charge in [0.1, 0.15) is 0 Å². The zero-order chi connectivity index (χ0) is 15.6. The van der Waals surface area contributed by atoms with E-state index in [1.807, 2.05) is 18.2 Å². The average molecular weight is 300 g/mol. The van der Waals surface area contributed by atoms with Gasteiger partial charge in [-0.2, -0.15) is 0 Å². The van der Waals surface area contributed by atoms with Crippen molar-refractivity contribution in [1.29, 1.82) is 5.41 Å². The van der Waals surface area contributed by atoms with Crippen LogP contribution in [-0.4, -0.2) is 5.71 Å². The number of benzene rings is 1. The van der Waals surface area contributed by atoms with Crippen LogP contribution in [0.25, 0.3) is 0 Å². The number of halogens is 1. The summed E-state index contributed by atoms with van der Waals surface area (Å²) in [5, 5.41) is 9.34. The smallest absolute Gasteiger partial charge is 0.0707 e. The van der Waals surface area contributed by atoms with Gasteiger partial charge in [-0.05, 0) is 49.3 Å². The second-order valence-corrected chi connectivity index (χ2v) is 5.97. The normalized spacial score (nSPS) is 15.4. The standard InChI is InChI=1S/C19H22ClN/c1-5-12(3)17(13(4)15-10-11-15)19(21)18-14(6-2)8-7-9-16(18)20/h5,7-9,15,21H,1,3,6,10-11H2,2,4H3/b17-13+,21-19?. The third kappa shape index (κ3) is 3.19. The van der Waals surface area contributed by atoms with Gasteiger partial charge in [-0.1, -0.05) is 55.5 Å². The molecule has 1 saturated carbocycles. The summed E-state index contributed by atoms with van der Waals surface area (Å²) in [7, 11) is 0. The molecule has 0 aromatic heterocycles. The van der Waals surface area contributed by atoms with Gasteiger partial charge in [0.05, 0.1) is 10.7 Å². The summed E-state index contributed by atoms with van der Waals surface area (Å²) < 4.78 is 0. The average Bonchev–Trinajstić information content (AvgIpc) is 3.31. The molecule has 0 unspecified atom stereocenters. The predicted octanol–water partition coefficient (Wildman–Crippen LogP) is 5.74. The quantitative estimate of drug-likeness (QED) is 0.511. The lowest BCUT2D eigenvalue weighted by Crippen LogP contribution is -2.11. The summed E-state index contributed by atoms with van der Waals surface area (Å²) in [6, 6.07) is 5.83. The van der Waals surface area contributed by atoms with Crippen LogP contribution in [-0.2, 0) is 6.42 Å². The van der Waals surface area contributed by atoms with Crippen LogP contribution in [0.15, 0.2) is 54.2 Å². The molecule has 1 fully saturated rings. The second-order valence-electron chi connectivity index (χ2n) is 5.56. The molecule has 0 atom stereocenters. The lowest BCUT2D eigenvalue weighted by atomic mass is 9.88. The molecule has 1 aromatic rings. The fourth-order valence-corrected chi connectivity index (χ4v) is 2.99. The molecule has 1 N–H and O–H groups in total. The molecule has 1 aromatic carbocycles. The molecule has 110 valence electrons. The summed E-state index contributed by atoms with van der Waals surface area (Å²) >= 11 is 6.38. The number of aryl methyl sites for hydroxylation is 1. The summed E-state index contributed by atoms with van der Waals surface area (Å²) in [4.78, 5) is 0. The van der Waals surface area contributed by atoms with Gasteiger partial charge in [-0.15, -0.1) is 0 Å². The maximum absolute atomic E-state index is 8.71. The topological polar surface area (TPSA) is 23.9 Å². The van der Waals surface area contributed by atoms with Crippen molar-refractivity contribution in [3.8, 4) is 0 Å². The van der Waals surface area contributed by atoms with E-state index in [0.29, 0.717) is 16.7 Å². The van der Waals surface area contributed by atoms with Crippen molar-refractivity contribution in [2.24, 2.45) is 5.92 Å². The fraction of sp³-hybridized carbons (Fsp3) is 0.316. The monoisotopic (exact) mass is 299 g/mol. The van der Waals surface area contributed by atoms with Crippen molar-refractivity contribution in [2.75, 3.05) is 0 Å². The first kappa shape index (κ1) is 15.8. The third-order valence-electron chi connectivity index (χ3n) is 4.13. The van der Waals surface area contributed by atoms with Gasteiger partial charge in [0, 0.05) is 11.1 Å². The molecule has 0 aliphatic heterocycles. The van der Waals surface area contributed by atoms with Gasteiger partial charge in [0.25, 0.3) is 0 Å². The van der Waals surface area contributed by atoms with E-state index in [1.165, 1.54) is 18.4 Å². The van der Waals surface area contributed by atoms with E-state index in [2.05, 4.69) is 27.0 Å². The SMILES string of the molecule is C=CC(=C)/C(C(=N)c1c(Cl)cccc1CC)=C(/C)C1CC1. The molecule has 0 heterocycles.